The van der Waals surface area contributed by atoms with E-state index in [-0.39, 0.29) is 41.8 Å². The summed E-state index contributed by atoms with van der Waals surface area (Å²) in [6.07, 6.45) is 0.909. The molecule has 29 heavy (non-hydrogen) atoms. The molecule has 0 bridgehead atoms. The molecule has 2 amide bonds. The summed E-state index contributed by atoms with van der Waals surface area (Å²) in [5.41, 5.74) is 1.72. The predicted molar refractivity (Wildman–Crippen MR) is 128 cm³/mol. The van der Waals surface area contributed by atoms with E-state index >= 15 is 0 Å². The molecule has 1 unspecified atom stereocenters. The molecule has 2 N–H and O–H groups in total. The molecule has 1 heterocycles. The fourth-order valence-corrected chi connectivity index (χ4v) is 3.00. The molecule has 162 valence electrons. The summed E-state index contributed by atoms with van der Waals surface area (Å²) in [5.74, 6) is 0.949. The number of guanidine groups is 1. The third kappa shape index (κ3) is 7.83. The van der Waals surface area contributed by atoms with E-state index in [1.165, 1.54) is 0 Å². The van der Waals surface area contributed by atoms with Crippen molar-refractivity contribution >= 4 is 41.8 Å². The van der Waals surface area contributed by atoms with Crippen LogP contribution < -0.4 is 10.6 Å². The molecule has 0 spiro atoms. The summed E-state index contributed by atoms with van der Waals surface area (Å²) >= 11 is 0. The summed E-state index contributed by atoms with van der Waals surface area (Å²) in [6.45, 7) is 12.0. The van der Waals surface area contributed by atoms with Gasteiger partial charge in [0.15, 0.2) is 5.96 Å². The first kappa shape index (κ1) is 25.2. The molecule has 1 saturated heterocycles. The van der Waals surface area contributed by atoms with E-state index in [9.17, 15) is 9.59 Å². The van der Waals surface area contributed by atoms with Gasteiger partial charge in [0.05, 0.1) is 6.54 Å². The summed E-state index contributed by atoms with van der Waals surface area (Å²) in [5, 5.41) is 6.31. The van der Waals surface area contributed by atoms with E-state index in [1.807, 2.05) is 49.9 Å². The number of halogens is 1. The molecule has 7 nitrogen and oxygen atoms in total. The average molecular weight is 515 g/mol. The number of nitrogens with zero attached hydrogens (tertiary/aromatic N) is 3. The Morgan fingerprint density at radius 1 is 1.07 bits per heavy atom. The molecule has 1 aromatic carbocycles. The lowest BCUT2D eigenvalue weighted by molar-refractivity contribution is -0.130. The lowest BCUT2D eigenvalue weighted by Gasteiger charge is -2.36. The van der Waals surface area contributed by atoms with Gasteiger partial charge in [-0.25, -0.2) is 4.99 Å². The standard InChI is InChI=1S/C21H33N5O2.HI/c1-5-16(3)24-20(28)19-9-7-18(8-10-19)15-23-21(22-6-2)26-13-11-25(12-14-26)17(4)27;/h7-10,16H,5-6,11-15H2,1-4H3,(H,22,23)(H,24,28);1H. The van der Waals surface area contributed by atoms with Crippen molar-refractivity contribution in [1.29, 1.82) is 0 Å². The van der Waals surface area contributed by atoms with Gasteiger partial charge < -0.3 is 20.4 Å². The smallest absolute Gasteiger partial charge is 0.251 e. The van der Waals surface area contributed by atoms with Crippen LogP contribution in [-0.2, 0) is 11.3 Å². The second kappa shape index (κ2) is 12.7. The highest BCUT2D eigenvalue weighted by atomic mass is 127. The highest BCUT2D eigenvalue weighted by Crippen LogP contribution is 2.08. The number of amides is 2. The number of aliphatic imine (C=N–C) groups is 1. The maximum atomic E-state index is 12.2. The van der Waals surface area contributed by atoms with Gasteiger partial charge in [0.2, 0.25) is 5.91 Å². The molecule has 0 aromatic heterocycles. The van der Waals surface area contributed by atoms with Crippen LogP contribution in [0.1, 0.15) is 50.0 Å². The van der Waals surface area contributed by atoms with Gasteiger partial charge in [-0.1, -0.05) is 19.1 Å². The highest BCUT2D eigenvalue weighted by Gasteiger charge is 2.20. The normalized spacial score (nSPS) is 15.4. The maximum Gasteiger partial charge on any atom is 0.251 e. The summed E-state index contributed by atoms with van der Waals surface area (Å²) in [6, 6.07) is 7.77. The van der Waals surface area contributed by atoms with E-state index in [1.54, 1.807) is 6.92 Å². The number of carbonyl (C=O) groups is 2. The van der Waals surface area contributed by atoms with Crippen molar-refractivity contribution in [1.82, 2.24) is 20.4 Å². The monoisotopic (exact) mass is 515 g/mol. The predicted octanol–water partition coefficient (Wildman–Crippen LogP) is 2.46. The molecule has 0 aliphatic carbocycles. The number of hydrogen-bond donors (Lipinski definition) is 2. The van der Waals surface area contributed by atoms with Crippen LogP contribution in [0.15, 0.2) is 29.3 Å². The van der Waals surface area contributed by atoms with E-state index in [2.05, 4.69) is 15.5 Å². The Morgan fingerprint density at radius 3 is 2.17 bits per heavy atom. The van der Waals surface area contributed by atoms with E-state index in [0.717, 1.165) is 50.7 Å². The van der Waals surface area contributed by atoms with Crippen LogP contribution in [0, 0.1) is 0 Å². The second-order valence-corrected chi connectivity index (χ2v) is 7.14. The van der Waals surface area contributed by atoms with Crippen LogP contribution in [0.2, 0.25) is 0 Å². The van der Waals surface area contributed by atoms with Crippen LogP contribution in [0.25, 0.3) is 0 Å². The lowest BCUT2D eigenvalue weighted by atomic mass is 10.1. The van der Waals surface area contributed by atoms with E-state index in [4.69, 9.17) is 4.99 Å². The first-order valence-electron chi connectivity index (χ1n) is 10.1. The number of benzene rings is 1. The zero-order chi connectivity index (χ0) is 20.5. The van der Waals surface area contributed by atoms with E-state index in [0.29, 0.717) is 12.1 Å². The average Bonchev–Trinajstić information content (AvgIpc) is 2.71. The quantitative estimate of drug-likeness (QED) is 0.347. The molecule has 8 heteroatoms. The van der Waals surface area contributed by atoms with Gasteiger partial charge in [0, 0.05) is 51.3 Å². The van der Waals surface area contributed by atoms with Crippen LogP contribution in [0.5, 0.6) is 0 Å². The Hall–Kier alpha value is -1.84. The molecule has 2 rings (SSSR count). The van der Waals surface area contributed by atoms with Crippen molar-refractivity contribution < 1.29 is 9.59 Å². The van der Waals surface area contributed by atoms with Gasteiger partial charge >= 0.3 is 0 Å². The Morgan fingerprint density at radius 2 is 1.66 bits per heavy atom. The number of carbonyl (C=O) groups excluding carboxylic acids is 2. The maximum absolute atomic E-state index is 12.2. The first-order chi connectivity index (χ1) is 13.4. The molecule has 1 aromatic rings. The minimum Gasteiger partial charge on any atom is -0.357 e. The van der Waals surface area contributed by atoms with Gasteiger partial charge in [-0.3, -0.25) is 9.59 Å². The molecule has 1 atom stereocenters. The van der Waals surface area contributed by atoms with Gasteiger partial charge in [-0.15, -0.1) is 24.0 Å². The van der Waals surface area contributed by atoms with Gasteiger partial charge in [-0.2, -0.15) is 0 Å². The molecule has 0 radical (unpaired) electrons. The Labute approximate surface area is 191 Å². The molecule has 0 saturated carbocycles. The van der Waals surface area contributed by atoms with Crippen LogP contribution >= 0.6 is 24.0 Å². The van der Waals surface area contributed by atoms with Crippen molar-refractivity contribution in [2.45, 2.75) is 46.7 Å². The largest absolute Gasteiger partial charge is 0.357 e. The van der Waals surface area contributed by atoms with Crippen molar-refractivity contribution in [3.05, 3.63) is 35.4 Å². The molecule has 1 fully saturated rings. The van der Waals surface area contributed by atoms with Crippen LogP contribution in [0.3, 0.4) is 0 Å². The van der Waals surface area contributed by atoms with Gasteiger partial charge in [-0.05, 0) is 38.0 Å². The Balaban J connectivity index is 0.00000420. The van der Waals surface area contributed by atoms with Crippen molar-refractivity contribution in [3.8, 4) is 0 Å². The van der Waals surface area contributed by atoms with Gasteiger partial charge in [0.25, 0.3) is 5.91 Å². The molecular weight excluding hydrogens is 481 g/mol. The SMILES string of the molecule is CCNC(=NCc1ccc(C(=O)NC(C)CC)cc1)N1CCN(C(C)=O)CC1.I. The van der Waals surface area contributed by atoms with E-state index < -0.39 is 0 Å². The zero-order valence-electron chi connectivity index (χ0n) is 17.9. The fraction of sp³-hybridized carbons (Fsp3) is 0.571. The topological polar surface area (TPSA) is 77.0 Å². The summed E-state index contributed by atoms with van der Waals surface area (Å²) < 4.78 is 0. The van der Waals surface area contributed by atoms with Crippen molar-refractivity contribution in [2.75, 3.05) is 32.7 Å². The third-order valence-corrected chi connectivity index (χ3v) is 4.98. The van der Waals surface area contributed by atoms with Crippen molar-refractivity contribution in [2.24, 2.45) is 4.99 Å². The Bertz CT molecular complexity index is 685. The Kier molecular flexibility index (Phi) is 11.0. The minimum atomic E-state index is -0.0407. The second-order valence-electron chi connectivity index (χ2n) is 7.14. The number of rotatable bonds is 6. The highest BCUT2D eigenvalue weighted by molar-refractivity contribution is 14.0. The fourth-order valence-electron chi connectivity index (χ4n) is 3.00. The third-order valence-electron chi connectivity index (χ3n) is 4.98. The van der Waals surface area contributed by atoms with Gasteiger partial charge in [0.1, 0.15) is 0 Å². The molecular formula is C21H34IN5O2. The summed E-state index contributed by atoms with van der Waals surface area (Å²) in [7, 11) is 0. The number of piperazine rings is 1. The molecule has 1 aliphatic rings. The zero-order valence-corrected chi connectivity index (χ0v) is 20.2. The van der Waals surface area contributed by atoms with Crippen molar-refractivity contribution in [3.63, 3.8) is 0 Å². The number of nitrogens with one attached hydrogen (secondary N) is 2. The lowest BCUT2D eigenvalue weighted by Crippen LogP contribution is -2.53. The van der Waals surface area contributed by atoms with Crippen LogP contribution in [0.4, 0.5) is 0 Å². The summed E-state index contributed by atoms with van der Waals surface area (Å²) in [4.78, 5) is 32.5. The van der Waals surface area contributed by atoms with Crippen LogP contribution in [-0.4, -0.2) is 66.3 Å². The molecule has 1 aliphatic heterocycles. The minimum absolute atomic E-state index is 0. The number of hydrogen-bond acceptors (Lipinski definition) is 3. The first-order valence-corrected chi connectivity index (χ1v) is 10.1.